The zero-order chi connectivity index (χ0) is 15.5. The zero-order valence-corrected chi connectivity index (χ0v) is 15.1. The minimum atomic E-state index is 0.499. The summed E-state index contributed by atoms with van der Waals surface area (Å²) in [7, 11) is 0. The molecule has 2 fully saturated rings. The molecule has 0 spiro atoms. The maximum Gasteiger partial charge on any atom is 0.0195 e. The van der Waals surface area contributed by atoms with E-state index in [2.05, 4.69) is 44.8 Å². The predicted octanol–water partition coefficient (Wildman–Crippen LogP) is 4.44. The van der Waals surface area contributed by atoms with Crippen LogP contribution < -0.4 is 5.32 Å². The lowest BCUT2D eigenvalue weighted by atomic mass is 9.71. The summed E-state index contributed by atoms with van der Waals surface area (Å²) in [4.78, 5) is 2.81. The Hall–Kier alpha value is -0.0800. The molecule has 124 valence electrons. The molecule has 1 aliphatic heterocycles. The topological polar surface area (TPSA) is 15.3 Å². The van der Waals surface area contributed by atoms with Gasteiger partial charge in [-0.3, -0.25) is 4.90 Å². The molecule has 2 aliphatic rings. The fourth-order valence-corrected chi connectivity index (χ4v) is 4.39. The third-order valence-electron chi connectivity index (χ3n) is 5.90. The van der Waals surface area contributed by atoms with Crippen LogP contribution in [0.4, 0.5) is 0 Å². The molecule has 1 heterocycles. The van der Waals surface area contributed by atoms with Crippen molar-refractivity contribution in [3.05, 3.63) is 0 Å². The minimum absolute atomic E-state index is 0.499. The molecule has 0 aromatic carbocycles. The summed E-state index contributed by atoms with van der Waals surface area (Å²) in [6.07, 6.45) is 9.83. The highest BCUT2D eigenvalue weighted by atomic mass is 15.2. The first-order valence-electron chi connectivity index (χ1n) is 9.37. The monoisotopic (exact) mass is 294 g/mol. The van der Waals surface area contributed by atoms with Crippen molar-refractivity contribution < 1.29 is 0 Å². The highest BCUT2D eigenvalue weighted by molar-refractivity contribution is 4.88. The van der Waals surface area contributed by atoms with E-state index in [1.165, 1.54) is 58.0 Å². The van der Waals surface area contributed by atoms with Crippen LogP contribution in [-0.2, 0) is 0 Å². The Balaban J connectivity index is 1.87. The van der Waals surface area contributed by atoms with Gasteiger partial charge < -0.3 is 5.32 Å². The smallest absolute Gasteiger partial charge is 0.0195 e. The molecule has 2 nitrogen and oxygen atoms in total. The molecular formula is C19H38N2. The summed E-state index contributed by atoms with van der Waals surface area (Å²) >= 11 is 0. The molecule has 1 aliphatic carbocycles. The van der Waals surface area contributed by atoms with Crippen LogP contribution in [0.25, 0.3) is 0 Å². The van der Waals surface area contributed by atoms with Crippen LogP contribution >= 0.6 is 0 Å². The number of piperidine rings is 1. The molecule has 0 amide bonds. The van der Waals surface area contributed by atoms with Crippen LogP contribution in [0.3, 0.4) is 0 Å². The second-order valence-electron chi connectivity index (χ2n) is 8.81. The number of rotatable bonds is 4. The molecule has 1 saturated carbocycles. The van der Waals surface area contributed by atoms with E-state index >= 15 is 0 Å². The van der Waals surface area contributed by atoms with Crippen LogP contribution in [-0.4, -0.2) is 36.1 Å². The van der Waals surface area contributed by atoms with E-state index in [1.807, 2.05) is 0 Å². The van der Waals surface area contributed by atoms with E-state index in [-0.39, 0.29) is 0 Å². The summed E-state index contributed by atoms with van der Waals surface area (Å²) < 4.78 is 0. The van der Waals surface area contributed by atoms with E-state index in [9.17, 15) is 0 Å². The minimum Gasteiger partial charge on any atom is -0.313 e. The van der Waals surface area contributed by atoms with Gasteiger partial charge in [-0.1, -0.05) is 27.2 Å². The van der Waals surface area contributed by atoms with Crippen LogP contribution in [0, 0.1) is 11.3 Å². The van der Waals surface area contributed by atoms with Crippen molar-refractivity contribution in [3.63, 3.8) is 0 Å². The van der Waals surface area contributed by atoms with Gasteiger partial charge in [-0.05, 0) is 70.3 Å². The number of hydrogen-bond donors (Lipinski definition) is 1. The van der Waals surface area contributed by atoms with Gasteiger partial charge in [0.2, 0.25) is 0 Å². The van der Waals surface area contributed by atoms with Gasteiger partial charge in [0, 0.05) is 24.7 Å². The lowest BCUT2D eigenvalue weighted by molar-refractivity contribution is 0.0656. The average molecular weight is 295 g/mol. The highest BCUT2D eigenvalue weighted by Crippen LogP contribution is 2.39. The SMILES string of the molecule is CC(C)N(CC1CCCCN1)C1CCC(C(C)(C)C)CC1. The lowest BCUT2D eigenvalue weighted by Crippen LogP contribution is -2.51. The van der Waals surface area contributed by atoms with Crippen LogP contribution in [0.5, 0.6) is 0 Å². The van der Waals surface area contributed by atoms with Gasteiger partial charge in [-0.25, -0.2) is 0 Å². The Morgan fingerprint density at radius 3 is 2.14 bits per heavy atom. The van der Waals surface area contributed by atoms with E-state index in [0.717, 1.165) is 18.0 Å². The normalized spacial score (nSPS) is 31.9. The van der Waals surface area contributed by atoms with Gasteiger partial charge in [0.1, 0.15) is 0 Å². The Kier molecular flexibility index (Phi) is 6.14. The maximum atomic E-state index is 3.73. The maximum absolute atomic E-state index is 3.73. The first-order valence-corrected chi connectivity index (χ1v) is 9.37. The van der Waals surface area contributed by atoms with Gasteiger partial charge in [0.25, 0.3) is 0 Å². The summed E-state index contributed by atoms with van der Waals surface area (Å²) in [5.74, 6) is 0.926. The van der Waals surface area contributed by atoms with Crippen LogP contribution in [0.15, 0.2) is 0 Å². The van der Waals surface area contributed by atoms with Crippen molar-refractivity contribution in [1.29, 1.82) is 0 Å². The van der Waals surface area contributed by atoms with E-state index in [4.69, 9.17) is 0 Å². The second kappa shape index (κ2) is 7.46. The number of nitrogens with zero attached hydrogens (tertiary/aromatic N) is 1. The Morgan fingerprint density at radius 1 is 1.00 bits per heavy atom. The molecule has 0 radical (unpaired) electrons. The number of hydrogen-bond acceptors (Lipinski definition) is 2. The van der Waals surface area contributed by atoms with Crippen molar-refractivity contribution in [1.82, 2.24) is 10.2 Å². The van der Waals surface area contributed by atoms with Gasteiger partial charge in [-0.15, -0.1) is 0 Å². The lowest BCUT2D eigenvalue weighted by Gasteiger charge is -2.44. The quantitative estimate of drug-likeness (QED) is 0.824. The van der Waals surface area contributed by atoms with Crippen LogP contribution in [0.2, 0.25) is 0 Å². The molecule has 1 N–H and O–H groups in total. The van der Waals surface area contributed by atoms with Crippen molar-refractivity contribution in [2.75, 3.05) is 13.1 Å². The van der Waals surface area contributed by atoms with Crippen molar-refractivity contribution in [2.45, 2.75) is 97.7 Å². The summed E-state index contributed by atoms with van der Waals surface area (Å²) in [5, 5.41) is 3.73. The van der Waals surface area contributed by atoms with Crippen molar-refractivity contribution in [2.24, 2.45) is 11.3 Å². The van der Waals surface area contributed by atoms with Crippen molar-refractivity contribution in [3.8, 4) is 0 Å². The van der Waals surface area contributed by atoms with Gasteiger partial charge in [0.15, 0.2) is 0 Å². The van der Waals surface area contributed by atoms with E-state index in [1.54, 1.807) is 0 Å². The summed E-state index contributed by atoms with van der Waals surface area (Å²) in [6.45, 7) is 14.5. The fraction of sp³-hybridized carbons (Fsp3) is 1.00. The highest BCUT2D eigenvalue weighted by Gasteiger charge is 2.33. The predicted molar refractivity (Wildman–Crippen MR) is 92.7 cm³/mol. The Morgan fingerprint density at radius 2 is 1.67 bits per heavy atom. The first-order chi connectivity index (χ1) is 9.88. The molecule has 21 heavy (non-hydrogen) atoms. The Bertz CT molecular complexity index is 291. The van der Waals surface area contributed by atoms with Gasteiger partial charge >= 0.3 is 0 Å². The molecular weight excluding hydrogens is 256 g/mol. The largest absolute Gasteiger partial charge is 0.313 e. The average Bonchev–Trinajstić information content (AvgIpc) is 2.45. The van der Waals surface area contributed by atoms with Gasteiger partial charge in [-0.2, -0.15) is 0 Å². The van der Waals surface area contributed by atoms with E-state index in [0.29, 0.717) is 11.5 Å². The Labute approximate surface area is 133 Å². The molecule has 0 aromatic heterocycles. The summed E-state index contributed by atoms with van der Waals surface area (Å²) in [5.41, 5.74) is 0.499. The third kappa shape index (κ3) is 4.96. The molecule has 0 aromatic rings. The van der Waals surface area contributed by atoms with Crippen molar-refractivity contribution >= 4 is 0 Å². The molecule has 0 bridgehead atoms. The van der Waals surface area contributed by atoms with E-state index < -0.39 is 0 Å². The first kappa shape index (κ1) is 17.3. The van der Waals surface area contributed by atoms with Crippen LogP contribution in [0.1, 0.15) is 79.6 Å². The summed E-state index contributed by atoms with van der Waals surface area (Å²) in [6, 6.07) is 2.25. The zero-order valence-electron chi connectivity index (χ0n) is 15.1. The molecule has 2 heteroatoms. The van der Waals surface area contributed by atoms with Gasteiger partial charge in [0.05, 0.1) is 0 Å². The number of nitrogens with one attached hydrogen (secondary N) is 1. The molecule has 1 saturated heterocycles. The third-order valence-corrected chi connectivity index (χ3v) is 5.90. The molecule has 2 rings (SSSR count). The molecule has 1 atom stereocenters. The standard InChI is InChI=1S/C19H38N2/c1-15(2)21(14-17-8-6-7-13-20-17)18-11-9-16(10-12-18)19(3,4)5/h15-18,20H,6-14H2,1-5H3. The second-order valence-corrected chi connectivity index (χ2v) is 8.81. The molecule has 1 unspecified atom stereocenters. The fourth-order valence-electron chi connectivity index (χ4n) is 4.39.